The van der Waals surface area contributed by atoms with Gasteiger partial charge in [0, 0.05) is 57.4 Å². The molecule has 0 radical (unpaired) electrons. The van der Waals surface area contributed by atoms with Crippen molar-refractivity contribution in [1.82, 2.24) is 19.4 Å². The van der Waals surface area contributed by atoms with Crippen molar-refractivity contribution in [3.05, 3.63) is 48.3 Å². The third-order valence-corrected chi connectivity index (χ3v) is 5.73. The van der Waals surface area contributed by atoms with E-state index >= 15 is 0 Å². The summed E-state index contributed by atoms with van der Waals surface area (Å²) in [5.74, 6) is 0.817. The Morgan fingerprint density at radius 1 is 1.12 bits per heavy atom. The van der Waals surface area contributed by atoms with Gasteiger partial charge in [0.15, 0.2) is 0 Å². The molecule has 1 fully saturated rings. The van der Waals surface area contributed by atoms with Gasteiger partial charge in [0.25, 0.3) is 0 Å². The van der Waals surface area contributed by atoms with Gasteiger partial charge in [-0.05, 0) is 38.2 Å². The molecule has 3 heterocycles. The fraction of sp³-hybridized carbons (Fsp3) is 0.375. The fourth-order valence-electron chi connectivity index (χ4n) is 3.87. The summed E-state index contributed by atoms with van der Waals surface area (Å²) in [4.78, 5) is 25.8. The molecule has 174 valence electrons. The summed E-state index contributed by atoms with van der Waals surface area (Å²) in [6.07, 6.45) is 3.43. The normalized spacial score (nSPS) is 14.2. The highest BCUT2D eigenvalue weighted by atomic mass is 16.5. The van der Waals surface area contributed by atoms with Crippen molar-refractivity contribution >= 4 is 23.3 Å². The lowest BCUT2D eigenvalue weighted by atomic mass is 10.2. The Labute approximate surface area is 194 Å². The first-order chi connectivity index (χ1) is 16.0. The molecule has 1 aliphatic heterocycles. The highest BCUT2D eigenvalue weighted by Crippen LogP contribution is 2.32. The quantitative estimate of drug-likeness (QED) is 0.550. The summed E-state index contributed by atoms with van der Waals surface area (Å²) in [5, 5.41) is 3.27. The Balaban J connectivity index is 1.55. The van der Waals surface area contributed by atoms with Gasteiger partial charge in [0.1, 0.15) is 5.75 Å². The van der Waals surface area contributed by atoms with E-state index in [9.17, 15) is 4.79 Å². The number of benzene rings is 1. The van der Waals surface area contributed by atoms with Crippen LogP contribution >= 0.6 is 0 Å². The number of nitrogens with zero attached hydrogens (tertiary/aromatic N) is 5. The molecule has 1 aliphatic rings. The van der Waals surface area contributed by atoms with Gasteiger partial charge in [-0.15, -0.1) is 0 Å². The number of esters is 1. The third-order valence-electron chi connectivity index (χ3n) is 5.73. The van der Waals surface area contributed by atoms with Gasteiger partial charge in [-0.2, -0.15) is 0 Å². The van der Waals surface area contributed by atoms with Crippen LogP contribution in [-0.4, -0.2) is 72.3 Å². The summed E-state index contributed by atoms with van der Waals surface area (Å²) in [6.45, 7) is 6.18. The van der Waals surface area contributed by atoms with E-state index in [-0.39, 0.29) is 5.97 Å². The number of hydrogen-bond acceptors (Lipinski definition) is 8. The largest absolute Gasteiger partial charge is 0.494 e. The van der Waals surface area contributed by atoms with Gasteiger partial charge in [-0.25, -0.2) is 14.8 Å². The molecule has 0 saturated carbocycles. The van der Waals surface area contributed by atoms with Crippen LogP contribution < -0.4 is 15.0 Å². The van der Waals surface area contributed by atoms with E-state index in [1.165, 1.54) is 0 Å². The predicted molar refractivity (Wildman–Crippen MR) is 128 cm³/mol. The number of nitrogens with one attached hydrogen (secondary N) is 1. The molecule has 0 bridgehead atoms. The molecule has 0 atom stereocenters. The molecule has 9 nitrogen and oxygen atoms in total. The Morgan fingerprint density at radius 2 is 1.91 bits per heavy atom. The smallest absolute Gasteiger partial charge is 0.339 e. The minimum atomic E-state index is -0.350. The van der Waals surface area contributed by atoms with E-state index in [1.54, 1.807) is 32.5 Å². The van der Waals surface area contributed by atoms with Crippen LogP contribution in [-0.2, 0) is 11.8 Å². The summed E-state index contributed by atoms with van der Waals surface area (Å²) >= 11 is 0. The monoisotopic (exact) mass is 450 g/mol. The van der Waals surface area contributed by atoms with Crippen molar-refractivity contribution in [2.24, 2.45) is 7.05 Å². The standard InChI is InChI=1S/C24H30N6O3/c1-5-33-23(31)17-14-21(29(3)16-17)19-8-9-25-24(26-19)27-20-7-6-18(15-22(20)32-4)30-12-10-28(2)11-13-30/h6-9,14-16H,5,10-13H2,1-4H3,(H,25,26,27). The minimum Gasteiger partial charge on any atom is -0.494 e. The maximum Gasteiger partial charge on any atom is 0.339 e. The maximum atomic E-state index is 12.1. The molecule has 0 aliphatic carbocycles. The summed E-state index contributed by atoms with van der Waals surface area (Å²) in [6, 6.07) is 9.70. The van der Waals surface area contributed by atoms with Gasteiger partial charge in [-0.1, -0.05) is 0 Å². The van der Waals surface area contributed by atoms with Crippen LogP contribution in [0.25, 0.3) is 11.4 Å². The second-order valence-corrected chi connectivity index (χ2v) is 8.01. The van der Waals surface area contributed by atoms with Crippen molar-refractivity contribution in [3.8, 4) is 17.1 Å². The molecule has 4 rings (SSSR count). The predicted octanol–water partition coefficient (Wildman–Crippen LogP) is 3.16. The van der Waals surface area contributed by atoms with Gasteiger partial charge in [0.05, 0.1) is 36.4 Å². The Hall–Kier alpha value is -3.59. The zero-order chi connectivity index (χ0) is 23.4. The maximum absolute atomic E-state index is 12.1. The number of carbonyl (C=O) groups is 1. The summed E-state index contributed by atoms with van der Waals surface area (Å²) < 4.78 is 12.6. The number of hydrogen-bond donors (Lipinski definition) is 1. The van der Waals surface area contributed by atoms with E-state index in [0.717, 1.165) is 49.0 Å². The van der Waals surface area contributed by atoms with Crippen LogP contribution in [0.1, 0.15) is 17.3 Å². The van der Waals surface area contributed by atoms with Gasteiger partial charge >= 0.3 is 5.97 Å². The fourth-order valence-corrected chi connectivity index (χ4v) is 3.87. The molecule has 1 N–H and O–H groups in total. The van der Waals surface area contributed by atoms with Gasteiger partial charge in [-0.3, -0.25) is 0 Å². The van der Waals surface area contributed by atoms with Crippen LogP contribution in [0.15, 0.2) is 42.7 Å². The first-order valence-electron chi connectivity index (χ1n) is 11.0. The van der Waals surface area contributed by atoms with Crippen LogP contribution in [0.5, 0.6) is 5.75 Å². The molecule has 2 aromatic heterocycles. The summed E-state index contributed by atoms with van der Waals surface area (Å²) in [5.41, 5.74) is 3.89. The second kappa shape index (κ2) is 9.91. The van der Waals surface area contributed by atoms with Gasteiger partial charge < -0.3 is 29.2 Å². The number of anilines is 3. The number of aryl methyl sites for hydroxylation is 1. The van der Waals surface area contributed by atoms with Crippen molar-refractivity contribution in [2.45, 2.75) is 6.92 Å². The van der Waals surface area contributed by atoms with Crippen LogP contribution in [0.3, 0.4) is 0 Å². The molecule has 3 aromatic rings. The number of piperazine rings is 1. The van der Waals surface area contributed by atoms with Crippen molar-refractivity contribution in [2.75, 3.05) is 57.2 Å². The topological polar surface area (TPSA) is 84.8 Å². The lowest BCUT2D eigenvalue weighted by Gasteiger charge is -2.34. The molecule has 33 heavy (non-hydrogen) atoms. The summed E-state index contributed by atoms with van der Waals surface area (Å²) in [7, 11) is 5.67. The van der Waals surface area contributed by atoms with E-state index in [1.807, 2.05) is 29.8 Å². The molecule has 0 unspecified atom stereocenters. The second-order valence-electron chi connectivity index (χ2n) is 8.01. The third kappa shape index (κ3) is 5.09. The first-order valence-corrected chi connectivity index (χ1v) is 11.0. The Bertz CT molecular complexity index is 1120. The van der Waals surface area contributed by atoms with Crippen molar-refractivity contribution < 1.29 is 14.3 Å². The Kier molecular flexibility index (Phi) is 6.79. The van der Waals surface area contributed by atoms with Crippen LogP contribution in [0, 0.1) is 0 Å². The average Bonchev–Trinajstić information content (AvgIpc) is 3.22. The number of likely N-dealkylation sites (N-methyl/N-ethyl adjacent to an activating group) is 1. The zero-order valence-corrected chi connectivity index (χ0v) is 19.5. The van der Waals surface area contributed by atoms with E-state index < -0.39 is 0 Å². The minimum absolute atomic E-state index is 0.333. The van der Waals surface area contributed by atoms with Crippen molar-refractivity contribution in [3.63, 3.8) is 0 Å². The highest BCUT2D eigenvalue weighted by molar-refractivity contribution is 5.90. The number of rotatable bonds is 7. The highest BCUT2D eigenvalue weighted by Gasteiger charge is 2.17. The number of aromatic nitrogens is 3. The number of ether oxygens (including phenoxy) is 2. The van der Waals surface area contributed by atoms with Crippen LogP contribution in [0.4, 0.5) is 17.3 Å². The molecule has 0 spiro atoms. The SMILES string of the molecule is CCOC(=O)c1cc(-c2ccnc(Nc3ccc(N4CCN(C)CC4)cc3OC)n2)n(C)c1. The lowest BCUT2D eigenvalue weighted by Crippen LogP contribution is -2.44. The number of carbonyl (C=O) groups excluding carboxylic acids is 1. The van der Waals surface area contributed by atoms with E-state index in [0.29, 0.717) is 23.8 Å². The van der Waals surface area contributed by atoms with E-state index in [2.05, 4.69) is 38.2 Å². The lowest BCUT2D eigenvalue weighted by molar-refractivity contribution is 0.0526. The van der Waals surface area contributed by atoms with Crippen LogP contribution in [0.2, 0.25) is 0 Å². The molecule has 1 aromatic carbocycles. The van der Waals surface area contributed by atoms with Gasteiger partial charge in [0.2, 0.25) is 5.95 Å². The average molecular weight is 451 g/mol. The van der Waals surface area contributed by atoms with E-state index in [4.69, 9.17) is 9.47 Å². The van der Waals surface area contributed by atoms with Crippen molar-refractivity contribution in [1.29, 1.82) is 0 Å². The Morgan fingerprint density at radius 3 is 2.64 bits per heavy atom. The molecular weight excluding hydrogens is 420 g/mol. The number of methoxy groups -OCH3 is 1. The molecule has 0 amide bonds. The molecular formula is C24H30N6O3. The molecule has 9 heteroatoms. The molecule has 1 saturated heterocycles. The zero-order valence-electron chi connectivity index (χ0n) is 19.5. The first kappa shape index (κ1) is 22.6.